The molecule has 1 N–H and O–H groups in total. The van der Waals surface area contributed by atoms with Crippen LogP contribution in [0.3, 0.4) is 0 Å². The minimum atomic E-state index is -0.656. The van der Waals surface area contributed by atoms with Gasteiger partial charge < -0.3 is 9.84 Å². The lowest BCUT2D eigenvalue weighted by Gasteiger charge is -2.49. The Kier molecular flexibility index (Phi) is 5.67. The number of carboxylic acids is 1. The maximum absolute atomic E-state index is 11.4. The zero-order valence-corrected chi connectivity index (χ0v) is 13.8. The molecule has 0 bridgehead atoms. The van der Waals surface area contributed by atoms with Gasteiger partial charge in [0, 0.05) is 18.2 Å². The van der Waals surface area contributed by atoms with Gasteiger partial charge in [-0.05, 0) is 38.6 Å². The lowest BCUT2D eigenvalue weighted by molar-refractivity contribution is -0.143. The van der Waals surface area contributed by atoms with E-state index in [1.165, 1.54) is 6.42 Å². The van der Waals surface area contributed by atoms with E-state index in [2.05, 4.69) is 25.8 Å². The summed E-state index contributed by atoms with van der Waals surface area (Å²) < 4.78 is 5.88. The quantitative estimate of drug-likeness (QED) is 0.846. The Labute approximate surface area is 128 Å². The summed E-state index contributed by atoms with van der Waals surface area (Å²) >= 11 is 0. The van der Waals surface area contributed by atoms with E-state index in [-0.39, 0.29) is 12.0 Å². The van der Waals surface area contributed by atoms with Crippen LogP contribution in [-0.4, -0.2) is 47.3 Å². The second-order valence-electron chi connectivity index (χ2n) is 7.30. The molecule has 2 atom stereocenters. The third-order valence-electron chi connectivity index (χ3n) is 5.59. The first-order chi connectivity index (χ1) is 9.94. The van der Waals surface area contributed by atoms with Crippen molar-refractivity contribution in [3.8, 4) is 0 Å². The van der Waals surface area contributed by atoms with Gasteiger partial charge in [0.25, 0.3) is 0 Å². The highest BCUT2D eigenvalue weighted by Gasteiger charge is 2.42. The van der Waals surface area contributed by atoms with Gasteiger partial charge in [-0.1, -0.05) is 33.1 Å². The van der Waals surface area contributed by atoms with Gasteiger partial charge in [-0.3, -0.25) is 9.69 Å². The Hall–Kier alpha value is -0.610. The molecule has 2 rings (SSSR count). The van der Waals surface area contributed by atoms with Crippen LogP contribution in [0.2, 0.25) is 0 Å². The van der Waals surface area contributed by atoms with Gasteiger partial charge in [-0.25, -0.2) is 0 Å². The van der Waals surface area contributed by atoms with E-state index in [4.69, 9.17) is 4.74 Å². The largest absolute Gasteiger partial charge is 0.481 e. The second kappa shape index (κ2) is 7.10. The number of carboxylic acid groups (broad SMARTS) is 1. The Morgan fingerprint density at radius 3 is 2.57 bits per heavy atom. The molecule has 1 saturated heterocycles. The van der Waals surface area contributed by atoms with Crippen LogP contribution in [0.15, 0.2) is 0 Å². The SMILES string of the molecule is CC(C)C1CC(N(C)C2(CC(=O)O)CCCCC2)CCO1. The molecule has 2 fully saturated rings. The average molecular weight is 297 g/mol. The fraction of sp³-hybridized carbons (Fsp3) is 0.941. The van der Waals surface area contributed by atoms with Gasteiger partial charge in [0.2, 0.25) is 0 Å². The normalized spacial score (nSPS) is 29.8. The van der Waals surface area contributed by atoms with Crippen LogP contribution in [0.25, 0.3) is 0 Å². The number of aliphatic carboxylic acids is 1. The van der Waals surface area contributed by atoms with Crippen LogP contribution >= 0.6 is 0 Å². The summed E-state index contributed by atoms with van der Waals surface area (Å²) in [5, 5.41) is 9.37. The lowest BCUT2D eigenvalue weighted by Crippen LogP contribution is -2.56. The Morgan fingerprint density at radius 2 is 2.00 bits per heavy atom. The molecule has 2 aliphatic rings. The topological polar surface area (TPSA) is 49.8 Å². The minimum Gasteiger partial charge on any atom is -0.481 e. The molecule has 1 saturated carbocycles. The zero-order chi connectivity index (χ0) is 15.5. The van der Waals surface area contributed by atoms with Gasteiger partial charge in [0.05, 0.1) is 12.5 Å². The number of hydrogen-bond donors (Lipinski definition) is 1. The molecular formula is C17H31NO3. The van der Waals surface area contributed by atoms with E-state index in [1.807, 2.05) is 0 Å². The Balaban J connectivity index is 2.09. The van der Waals surface area contributed by atoms with E-state index in [0.717, 1.165) is 45.1 Å². The summed E-state index contributed by atoms with van der Waals surface area (Å²) in [7, 11) is 2.15. The number of hydrogen-bond acceptors (Lipinski definition) is 3. The molecule has 1 aliphatic carbocycles. The fourth-order valence-corrected chi connectivity index (χ4v) is 4.16. The molecule has 1 aliphatic heterocycles. The highest BCUT2D eigenvalue weighted by Crippen LogP contribution is 2.39. The predicted octanol–water partition coefficient (Wildman–Crippen LogP) is 3.30. The highest BCUT2D eigenvalue weighted by molar-refractivity contribution is 5.68. The molecule has 2 unspecified atom stereocenters. The monoisotopic (exact) mass is 297 g/mol. The van der Waals surface area contributed by atoms with Crippen LogP contribution in [-0.2, 0) is 9.53 Å². The van der Waals surface area contributed by atoms with Crippen molar-refractivity contribution in [2.75, 3.05) is 13.7 Å². The molecule has 0 radical (unpaired) electrons. The summed E-state index contributed by atoms with van der Waals surface area (Å²) in [5.74, 6) is -0.126. The van der Waals surface area contributed by atoms with Crippen molar-refractivity contribution < 1.29 is 14.6 Å². The molecule has 4 nitrogen and oxygen atoms in total. The number of ether oxygens (including phenoxy) is 1. The zero-order valence-electron chi connectivity index (χ0n) is 13.8. The fourth-order valence-electron chi connectivity index (χ4n) is 4.16. The summed E-state index contributed by atoms with van der Waals surface area (Å²) in [6, 6.07) is 0.462. The number of rotatable bonds is 5. The van der Waals surface area contributed by atoms with Crippen LogP contribution < -0.4 is 0 Å². The van der Waals surface area contributed by atoms with Crippen molar-refractivity contribution in [3.05, 3.63) is 0 Å². The van der Waals surface area contributed by atoms with Crippen LogP contribution in [0.5, 0.6) is 0 Å². The molecule has 122 valence electrons. The van der Waals surface area contributed by atoms with Gasteiger partial charge >= 0.3 is 5.97 Å². The maximum atomic E-state index is 11.4. The van der Waals surface area contributed by atoms with Gasteiger partial charge in [0.15, 0.2) is 0 Å². The van der Waals surface area contributed by atoms with Gasteiger partial charge in [0.1, 0.15) is 0 Å². The minimum absolute atomic E-state index is 0.131. The lowest BCUT2D eigenvalue weighted by atomic mass is 9.76. The summed E-state index contributed by atoms with van der Waals surface area (Å²) in [5.41, 5.74) is -0.131. The third kappa shape index (κ3) is 3.98. The molecule has 0 aromatic heterocycles. The van der Waals surface area contributed by atoms with Gasteiger partial charge in [-0.15, -0.1) is 0 Å². The molecule has 21 heavy (non-hydrogen) atoms. The standard InChI is InChI=1S/C17H31NO3/c1-13(2)15-11-14(7-10-21-15)18(3)17(12-16(19)20)8-5-4-6-9-17/h13-15H,4-12H2,1-3H3,(H,19,20). The number of nitrogens with zero attached hydrogens (tertiary/aromatic N) is 1. The van der Waals surface area contributed by atoms with E-state index >= 15 is 0 Å². The summed E-state index contributed by atoms with van der Waals surface area (Å²) in [6.45, 7) is 5.22. The molecule has 0 aromatic carbocycles. The maximum Gasteiger partial charge on any atom is 0.305 e. The van der Waals surface area contributed by atoms with Crippen molar-refractivity contribution in [2.24, 2.45) is 5.92 Å². The smallest absolute Gasteiger partial charge is 0.305 e. The predicted molar refractivity (Wildman–Crippen MR) is 83.4 cm³/mol. The van der Waals surface area contributed by atoms with E-state index in [0.29, 0.717) is 18.1 Å². The Bertz CT molecular complexity index is 350. The first-order valence-electron chi connectivity index (χ1n) is 8.51. The number of carbonyl (C=O) groups is 1. The molecular weight excluding hydrogens is 266 g/mol. The van der Waals surface area contributed by atoms with Crippen LogP contribution in [0.4, 0.5) is 0 Å². The summed E-state index contributed by atoms with van der Waals surface area (Å²) in [6.07, 6.45) is 8.29. The van der Waals surface area contributed by atoms with E-state index < -0.39 is 5.97 Å². The first-order valence-corrected chi connectivity index (χ1v) is 8.51. The highest BCUT2D eigenvalue weighted by atomic mass is 16.5. The van der Waals surface area contributed by atoms with Gasteiger partial charge in [-0.2, -0.15) is 0 Å². The third-order valence-corrected chi connectivity index (χ3v) is 5.59. The van der Waals surface area contributed by atoms with Crippen molar-refractivity contribution in [3.63, 3.8) is 0 Å². The van der Waals surface area contributed by atoms with E-state index in [9.17, 15) is 9.90 Å². The van der Waals surface area contributed by atoms with Crippen LogP contribution in [0, 0.1) is 5.92 Å². The van der Waals surface area contributed by atoms with Crippen molar-refractivity contribution in [2.45, 2.75) is 82.9 Å². The van der Waals surface area contributed by atoms with Crippen LogP contribution in [0.1, 0.15) is 65.2 Å². The molecule has 1 heterocycles. The van der Waals surface area contributed by atoms with Crippen molar-refractivity contribution >= 4 is 5.97 Å². The second-order valence-corrected chi connectivity index (χ2v) is 7.30. The molecule has 4 heteroatoms. The average Bonchev–Trinajstić information content (AvgIpc) is 2.47. The van der Waals surface area contributed by atoms with Crippen molar-refractivity contribution in [1.82, 2.24) is 4.90 Å². The molecule has 0 amide bonds. The molecule has 0 spiro atoms. The first kappa shape index (κ1) is 16.8. The summed E-state index contributed by atoms with van der Waals surface area (Å²) in [4.78, 5) is 13.8. The van der Waals surface area contributed by atoms with E-state index in [1.54, 1.807) is 0 Å². The molecule has 0 aromatic rings. The Morgan fingerprint density at radius 1 is 1.33 bits per heavy atom. The van der Waals surface area contributed by atoms with Crippen molar-refractivity contribution in [1.29, 1.82) is 0 Å².